The second-order valence-corrected chi connectivity index (χ2v) is 9.22. The van der Waals surface area contributed by atoms with Crippen LogP contribution in [0.1, 0.15) is 47.9 Å². The van der Waals surface area contributed by atoms with Gasteiger partial charge in [0.15, 0.2) is 0 Å². The number of allylic oxidation sites excluding steroid dienone is 2. The van der Waals surface area contributed by atoms with E-state index < -0.39 is 23.4 Å². The summed E-state index contributed by atoms with van der Waals surface area (Å²) in [5.74, 6) is -0.390. The second kappa shape index (κ2) is 7.99. The fourth-order valence-corrected chi connectivity index (χ4v) is 4.17. The lowest BCUT2D eigenvalue weighted by molar-refractivity contribution is -0.129. The Kier molecular flexibility index (Phi) is 5.09. The molecule has 0 radical (unpaired) electrons. The minimum absolute atomic E-state index is 0.329. The van der Waals surface area contributed by atoms with E-state index in [-0.39, 0.29) is 0 Å². The number of carbonyl (C=O) groups is 3. The van der Waals surface area contributed by atoms with Gasteiger partial charge in [-0.2, -0.15) is 0 Å². The number of rotatable bonds is 4. The molecule has 0 bridgehead atoms. The van der Waals surface area contributed by atoms with E-state index in [1.54, 1.807) is 54.6 Å². The van der Waals surface area contributed by atoms with Gasteiger partial charge in [-0.25, -0.2) is 9.69 Å². The van der Waals surface area contributed by atoms with E-state index in [0.717, 1.165) is 10.3 Å². The molecule has 6 nitrogen and oxygen atoms in total. The Hall–Kier alpha value is -4.19. The van der Waals surface area contributed by atoms with Crippen molar-refractivity contribution in [3.05, 3.63) is 89.5 Å². The summed E-state index contributed by atoms with van der Waals surface area (Å²) in [6.07, 6.45) is 6.10. The number of hydrogen-bond donors (Lipinski definition) is 0. The molecular formula is C28H23NO5. The zero-order chi connectivity index (χ0) is 24.0. The zero-order valence-corrected chi connectivity index (χ0v) is 19.1. The number of anilines is 1. The molecule has 5 rings (SSSR count). The topological polar surface area (TPSA) is 72.9 Å². The van der Waals surface area contributed by atoms with Crippen LogP contribution in [0.2, 0.25) is 0 Å². The number of benzene rings is 3. The Bertz CT molecular complexity index is 1410. The number of esters is 1. The van der Waals surface area contributed by atoms with Crippen LogP contribution in [-0.4, -0.2) is 23.4 Å². The van der Waals surface area contributed by atoms with Crippen molar-refractivity contribution < 1.29 is 23.9 Å². The average Bonchev–Trinajstić information content (AvgIpc) is 3.32. The maximum Gasteiger partial charge on any atom is 0.343 e. The molecule has 0 spiro atoms. The first-order valence-corrected chi connectivity index (χ1v) is 11.0. The first-order valence-electron chi connectivity index (χ1n) is 11.0. The summed E-state index contributed by atoms with van der Waals surface area (Å²) < 4.78 is 11.4. The van der Waals surface area contributed by atoms with Gasteiger partial charge >= 0.3 is 5.97 Å². The molecule has 1 aliphatic heterocycles. The summed E-state index contributed by atoms with van der Waals surface area (Å²) in [4.78, 5) is 40.2. The Morgan fingerprint density at radius 2 is 1.65 bits per heavy atom. The molecule has 6 heteroatoms. The highest BCUT2D eigenvalue weighted by molar-refractivity contribution is 6.36. The normalized spacial score (nSPS) is 15.0. The number of ether oxygens (including phenoxy) is 2. The van der Waals surface area contributed by atoms with Crippen molar-refractivity contribution in [2.75, 3.05) is 4.90 Å². The molecule has 34 heavy (non-hydrogen) atoms. The lowest BCUT2D eigenvalue weighted by Crippen LogP contribution is -2.40. The highest BCUT2D eigenvalue weighted by Crippen LogP contribution is 2.36. The van der Waals surface area contributed by atoms with E-state index in [1.165, 1.54) is 0 Å². The van der Waals surface area contributed by atoms with E-state index in [9.17, 15) is 14.4 Å². The molecule has 1 aliphatic carbocycles. The molecule has 3 aromatic rings. The largest absolute Gasteiger partial charge is 0.488 e. The van der Waals surface area contributed by atoms with Crippen molar-refractivity contribution in [3.8, 4) is 11.5 Å². The molecule has 0 saturated carbocycles. The van der Waals surface area contributed by atoms with Crippen molar-refractivity contribution in [1.82, 2.24) is 0 Å². The molecule has 0 N–H and O–H groups in total. The van der Waals surface area contributed by atoms with Crippen molar-refractivity contribution in [2.24, 2.45) is 0 Å². The Morgan fingerprint density at radius 1 is 0.912 bits per heavy atom. The van der Waals surface area contributed by atoms with Gasteiger partial charge in [0.05, 0.1) is 16.8 Å². The Morgan fingerprint density at radius 3 is 2.32 bits per heavy atom. The predicted molar refractivity (Wildman–Crippen MR) is 129 cm³/mol. The van der Waals surface area contributed by atoms with Crippen LogP contribution in [0, 0.1) is 0 Å². The summed E-state index contributed by atoms with van der Waals surface area (Å²) >= 11 is 0. The van der Waals surface area contributed by atoms with Gasteiger partial charge in [0.25, 0.3) is 11.8 Å². The summed E-state index contributed by atoms with van der Waals surface area (Å²) in [7, 11) is 0. The minimum Gasteiger partial charge on any atom is -0.488 e. The molecule has 2 aliphatic rings. The molecule has 0 unspecified atom stereocenters. The van der Waals surface area contributed by atoms with E-state index in [4.69, 9.17) is 9.47 Å². The van der Waals surface area contributed by atoms with Gasteiger partial charge in [-0.05, 0) is 75.0 Å². The number of nitrogens with zero attached hydrogens (tertiary/aromatic N) is 1. The van der Waals surface area contributed by atoms with Crippen LogP contribution in [0.4, 0.5) is 5.69 Å². The molecule has 3 aromatic carbocycles. The third-order valence-electron chi connectivity index (χ3n) is 5.55. The van der Waals surface area contributed by atoms with Gasteiger partial charge < -0.3 is 9.47 Å². The minimum atomic E-state index is -0.446. The van der Waals surface area contributed by atoms with Gasteiger partial charge in [-0.15, -0.1) is 0 Å². The quantitative estimate of drug-likeness (QED) is 0.292. The van der Waals surface area contributed by atoms with E-state index in [2.05, 4.69) is 0 Å². The molecule has 2 amide bonds. The summed E-state index contributed by atoms with van der Waals surface area (Å²) in [6.45, 7) is 5.81. The van der Waals surface area contributed by atoms with E-state index in [1.807, 2.05) is 39.0 Å². The molecule has 1 heterocycles. The van der Waals surface area contributed by atoms with Gasteiger partial charge in [0.1, 0.15) is 17.1 Å². The first-order chi connectivity index (χ1) is 16.2. The lowest BCUT2D eigenvalue weighted by Gasteiger charge is -2.28. The van der Waals surface area contributed by atoms with Crippen LogP contribution in [0.3, 0.4) is 0 Å². The monoisotopic (exact) mass is 453 g/mol. The van der Waals surface area contributed by atoms with Crippen LogP contribution in [0.15, 0.2) is 78.4 Å². The molecule has 170 valence electrons. The molecule has 0 saturated heterocycles. The van der Waals surface area contributed by atoms with Gasteiger partial charge in [-0.3, -0.25) is 9.59 Å². The summed E-state index contributed by atoms with van der Waals surface area (Å²) in [5.41, 5.74) is 1.30. The number of amides is 2. The highest BCUT2D eigenvalue weighted by Gasteiger charge is 2.34. The molecule has 0 aromatic heterocycles. The molecule has 0 fully saturated rings. The van der Waals surface area contributed by atoms with Gasteiger partial charge in [0.2, 0.25) is 0 Å². The number of imide groups is 1. The Labute approximate surface area is 197 Å². The molecule has 0 atom stereocenters. The third kappa shape index (κ3) is 3.88. The smallest absolute Gasteiger partial charge is 0.343 e. The maximum atomic E-state index is 13.5. The van der Waals surface area contributed by atoms with Gasteiger partial charge in [0, 0.05) is 10.9 Å². The predicted octanol–water partition coefficient (Wildman–Crippen LogP) is 5.61. The number of carbonyl (C=O) groups excluding carboxylic acids is 3. The third-order valence-corrected chi connectivity index (χ3v) is 5.55. The zero-order valence-electron chi connectivity index (χ0n) is 19.1. The highest BCUT2D eigenvalue weighted by atomic mass is 16.5. The summed E-state index contributed by atoms with van der Waals surface area (Å²) in [6, 6.07) is 15.3. The van der Waals surface area contributed by atoms with Crippen LogP contribution >= 0.6 is 0 Å². The van der Waals surface area contributed by atoms with E-state index in [0.29, 0.717) is 45.7 Å². The van der Waals surface area contributed by atoms with Crippen molar-refractivity contribution in [3.63, 3.8) is 0 Å². The van der Waals surface area contributed by atoms with Crippen molar-refractivity contribution >= 4 is 34.2 Å². The SMILES string of the molecule is CC(C)(C)Oc1cc2c3c(cccc3c1)C(=O)N(c1ccc(OC(=O)C3=CCC=C3)cc1)C2=O. The fraction of sp³-hybridized carbons (Fsp3) is 0.179. The first kappa shape index (κ1) is 21.6. The van der Waals surface area contributed by atoms with Crippen LogP contribution < -0.4 is 14.4 Å². The van der Waals surface area contributed by atoms with Crippen LogP contribution in [-0.2, 0) is 4.79 Å². The van der Waals surface area contributed by atoms with Gasteiger partial charge in [-0.1, -0.05) is 30.4 Å². The van der Waals surface area contributed by atoms with Crippen molar-refractivity contribution in [1.29, 1.82) is 0 Å². The lowest BCUT2D eigenvalue weighted by atomic mass is 9.93. The Balaban J connectivity index is 1.49. The average molecular weight is 453 g/mol. The maximum absolute atomic E-state index is 13.5. The molecular weight excluding hydrogens is 430 g/mol. The van der Waals surface area contributed by atoms with E-state index >= 15 is 0 Å². The second-order valence-electron chi connectivity index (χ2n) is 9.22. The van der Waals surface area contributed by atoms with Crippen LogP contribution in [0.5, 0.6) is 11.5 Å². The van der Waals surface area contributed by atoms with Crippen LogP contribution in [0.25, 0.3) is 10.8 Å². The summed E-state index contributed by atoms with van der Waals surface area (Å²) in [5, 5.41) is 1.39. The van der Waals surface area contributed by atoms with Crippen molar-refractivity contribution in [2.45, 2.75) is 32.8 Å². The fourth-order valence-electron chi connectivity index (χ4n) is 4.17. The standard InChI is InChI=1S/C28H23NO5/c1-28(2,3)34-21-15-18-9-6-10-22-24(18)23(16-21)26(31)29(25(22)30)19-11-13-20(14-12-19)33-27(32)17-7-4-5-8-17/h4,6-16H,5H2,1-3H3. The number of hydrogen-bond acceptors (Lipinski definition) is 5.